The van der Waals surface area contributed by atoms with E-state index in [-0.39, 0.29) is 5.88 Å². The first-order valence-electron chi connectivity index (χ1n) is 1.98. The van der Waals surface area contributed by atoms with Crippen LogP contribution in [-0.2, 0) is 0 Å². The van der Waals surface area contributed by atoms with Crippen molar-refractivity contribution in [2.75, 3.05) is 0 Å². The first kappa shape index (κ1) is 4.96. The van der Waals surface area contributed by atoms with Gasteiger partial charge in [0.15, 0.2) is 0 Å². The molecule has 42 valence electrons. The maximum absolute atomic E-state index is 11.1. The first-order valence-corrected chi connectivity index (χ1v) is 1.98. The summed E-state index contributed by atoms with van der Waals surface area (Å²) < 4.78 is 11.1. The Balaban J connectivity index is 2.83. The van der Waals surface area contributed by atoms with Crippen LogP contribution in [0.1, 0.15) is 0 Å². The highest BCUT2D eigenvalue weighted by molar-refractivity contribution is 5.02. The standard InChI is InChI=1S/C4H3FN2O/c5-8-4-1-2-6-3-7-4/h1-3H. The molecule has 0 N–H and O–H groups in total. The van der Waals surface area contributed by atoms with E-state index in [1.54, 1.807) is 0 Å². The molecular weight excluding hydrogens is 111 g/mol. The molecule has 0 saturated heterocycles. The molecule has 0 radical (unpaired) electrons. The maximum Gasteiger partial charge on any atom is 0.265 e. The zero-order valence-electron chi connectivity index (χ0n) is 3.91. The quantitative estimate of drug-likeness (QED) is 0.540. The number of nitrogens with zero attached hydrogens (tertiary/aromatic N) is 2. The van der Waals surface area contributed by atoms with Gasteiger partial charge in [0.2, 0.25) is 0 Å². The molecule has 3 nitrogen and oxygen atoms in total. The smallest absolute Gasteiger partial charge is 0.265 e. The van der Waals surface area contributed by atoms with E-state index in [0.717, 1.165) is 0 Å². The average Bonchev–Trinajstić information content (AvgIpc) is 1.90. The van der Waals surface area contributed by atoms with Gasteiger partial charge in [-0.15, -0.1) is 0 Å². The molecular formula is C4H3FN2O. The Labute approximate surface area is 45.1 Å². The molecule has 8 heavy (non-hydrogen) atoms. The van der Waals surface area contributed by atoms with Gasteiger partial charge in [-0.05, 0) is 0 Å². The summed E-state index contributed by atoms with van der Waals surface area (Å²) in [4.78, 5) is 10.2. The van der Waals surface area contributed by atoms with E-state index in [1.165, 1.54) is 18.6 Å². The van der Waals surface area contributed by atoms with Crippen LogP contribution in [0.25, 0.3) is 0 Å². The molecule has 1 heterocycles. The fraction of sp³-hybridized carbons (Fsp3) is 0. The lowest BCUT2D eigenvalue weighted by molar-refractivity contribution is -0.0120. The average molecular weight is 114 g/mol. The molecule has 0 unspecified atom stereocenters. The second-order valence-corrected chi connectivity index (χ2v) is 1.12. The molecule has 1 rings (SSSR count). The van der Waals surface area contributed by atoms with Gasteiger partial charge in [0.1, 0.15) is 6.33 Å². The van der Waals surface area contributed by atoms with Gasteiger partial charge in [-0.3, -0.25) is 4.94 Å². The zero-order valence-corrected chi connectivity index (χ0v) is 3.91. The fourth-order valence-corrected chi connectivity index (χ4v) is 0.324. The van der Waals surface area contributed by atoms with E-state index in [0.29, 0.717) is 0 Å². The molecule has 0 aliphatic rings. The van der Waals surface area contributed by atoms with Gasteiger partial charge in [-0.1, -0.05) is 0 Å². The van der Waals surface area contributed by atoms with Crippen LogP contribution in [0.3, 0.4) is 0 Å². The van der Waals surface area contributed by atoms with Crippen LogP contribution < -0.4 is 4.94 Å². The highest BCUT2D eigenvalue weighted by Gasteiger charge is 1.87. The van der Waals surface area contributed by atoms with Gasteiger partial charge in [0, 0.05) is 16.8 Å². The van der Waals surface area contributed by atoms with Crippen LogP contribution in [0.5, 0.6) is 5.88 Å². The Hall–Kier alpha value is -1.19. The molecule has 0 amide bonds. The number of hydrogen-bond acceptors (Lipinski definition) is 3. The van der Waals surface area contributed by atoms with Crippen LogP contribution in [0.2, 0.25) is 0 Å². The Morgan fingerprint density at radius 3 is 2.88 bits per heavy atom. The molecule has 0 aliphatic heterocycles. The summed E-state index contributed by atoms with van der Waals surface area (Å²) in [6.07, 6.45) is 2.59. The van der Waals surface area contributed by atoms with Gasteiger partial charge in [-0.25, -0.2) is 4.98 Å². The van der Waals surface area contributed by atoms with E-state index in [1.807, 2.05) is 0 Å². The van der Waals surface area contributed by atoms with E-state index in [4.69, 9.17) is 0 Å². The predicted molar refractivity (Wildman–Crippen MR) is 23.8 cm³/mol. The summed E-state index contributed by atoms with van der Waals surface area (Å²) in [6.45, 7) is 0. The van der Waals surface area contributed by atoms with Gasteiger partial charge in [-0.2, -0.15) is 4.98 Å². The summed E-state index contributed by atoms with van der Waals surface area (Å²) in [5, 5.41) is 0. The van der Waals surface area contributed by atoms with Crippen molar-refractivity contribution in [3.8, 4) is 5.88 Å². The van der Waals surface area contributed by atoms with Crippen LogP contribution in [0.15, 0.2) is 18.6 Å². The molecule has 0 aromatic carbocycles. The van der Waals surface area contributed by atoms with Crippen molar-refractivity contribution in [3.05, 3.63) is 18.6 Å². The van der Waals surface area contributed by atoms with Crippen LogP contribution in [0, 0.1) is 0 Å². The van der Waals surface area contributed by atoms with E-state index < -0.39 is 0 Å². The van der Waals surface area contributed by atoms with Crippen LogP contribution in [0.4, 0.5) is 4.53 Å². The summed E-state index contributed by atoms with van der Waals surface area (Å²) in [7, 11) is 0. The van der Waals surface area contributed by atoms with Crippen molar-refractivity contribution in [2.24, 2.45) is 0 Å². The van der Waals surface area contributed by atoms with Gasteiger partial charge in [0.05, 0.1) is 0 Å². The zero-order chi connectivity index (χ0) is 5.82. The van der Waals surface area contributed by atoms with Crippen LogP contribution >= 0.6 is 0 Å². The molecule has 0 saturated carbocycles. The van der Waals surface area contributed by atoms with Gasteiger partial charge < -0.3 is 0 Å². The fourth-order valence-electron chi connectivity index (χ4n) is 0.324. The van der Waals surface area contributed by atoms with Gasteiger partial charge >= 0.3 is 0 Å². The minimum absolute atomic E-state index is 0.0694. The largest absolute Gasteiger partial charge is 0.273 e. The summed E-state index contributed by atoms with van der Waals surface area (Å²) in [6, 6.07) is 1.32. The number of rotatable bonds is 1. The second kappa shape index (κ2) is 2.20. The highest BCUT2D eigenvalue weighted by Crippen LogP contribution is 1.99. The third-order valence-corrected chi connectivity index (χ3v) is 0.634. The van der Waals surface area contributed by atoms with Crippen molar-refractivity contribution in [2.45, 2.75) is 0 Å². The Morgan fingerprint density at radius 1 is 1.62 bits per heavy atom. The summed E-state index contributed by atoms with van der Waals surface area (Å²) in [5.41, 5.74) is 0. The van der Waals surface area contributed by atoms with E-state index in [2.05, 4.69) is 14.9 Å². The topological polar surface area (TPSA) is 35.0 Å². The van der Waals surface area contributed by atoms with E-state index >= 15 is 0 Å². The lowest BCUT2D eigenvalue weighted by atomic mass is 10.6. The Bertz CT molecular complexity index is 155. The first-order chi connectivity index (χ1) is 3.93. The minimum Gasteiger partial charge on any atom is -0.273 e. The number of aromatic nitrogens is 2. The molecule has 0 atom stereocenters. The van der Waals surface area contributed by atoms with Crippen molar-refractivity contribution in [1.82, 2.24) is 9.97 Å². The molecule has 0 bridgehead atoms. The van der Waals surface area contributed by atoms with E-state index in [9.17, 15) is 4.53 Å². The van der Waals surface area contributed by atoms with Crippen molar-refractivity contribution >= 4 is 0 Å². The SMILES string of the molecule is FOc1ccncn1. The molecule has 1 aromatic rings. The molecule has 1 aromatic heterocycles. The highest BCUT2D eigenvalue weighted by atomic mass is 19.3. The molecule has 0 spiro atoms. The number of halogens is 1. The monoisotopic (exact) mass is 114 g/mol. The molecule has 0 aliphatic carbocycles. The predicted octanol–water partition coefficient (Wildman–Crippen LogP) is 0.740. The maximum atomic E-state index is 11.1. The third kappa shape index (κ3) is 0.900. The minimum atomic E-state index is -0.0694. The second-order valence-electron chi connectivity index (χ2n) is 1.12. The molecule has 4 heteroatoms. The van der Waals surface area contributed by atoms with Crippen molar-refractivity contribution in [1.29, 1.82) is 0 Å². The lowest BCUT2D eigenvalue weighted by Gasteiger charge is -1.85. The lowest BCUT2D eigenvalue weighted by Crippen LogP contribution is -1.80. The third-order valence-electron chi connectivity index (χ3n) is 0.634. The van der Waals surface area contributed by atoms with Crippen molar-refractivity contribution in [3.63, 3.8) is 0 Å². The van der Waals surface area contributed by atoms with Crippen LogP contribution in [-0.4, -0.2) is 9.97 Å². The van der Waals surface area contributed by atoms with Gasteiger partial charge in [0.25, 0.3) is 5.88 Å². The Morgan fingerprint density at radius 2 is 2.50 bits per heavy atom. The number of hydrogen-bond donors (Lipinski definition) is 0. The summed E-state index contributed by atoms with van der Waals surface area (Å²) >= 11 is 0. The normalized spacial score (nSPS) is 8.62. The Kier molecular flexibility index (Phi) is 1.37. The van der Waals surface area contributed by atoms with Crippen molar-refractivity contribution < 1.29 is 9.47 Å². The molecule has 0 fully saturated rings. The summed E-state index contributed by atoms with van der Waals surface area (Å²) in [5.74, 6) is -0.0694.